The number of halogens is 1. The highest BCUT2D eigenvalue weighted by Crippen LogP contribution is 2.35. The van der Waals surface area contributed by atoms with Crippen molar-refractivity contribution in [2.45, 2.75) is 37.2 Å². The molecule has 0 saturated heterocycles. The highest BCUT2D eigenvalue weighted by molar-refractivity contribution is 9.10. The Morgan fingerprint density at radius 3 is 2.58 bits per heavy atom. The fraction of sp³-hybridized carbons (Fsp3) is 0.238. The lowest BCUT2D eigenvalue weighted by molar-refractivity contribution is 0.718. The third kappa shape index (κ3) is 3.38. The van der Waals surface area contributed by atoms with Gasteiger partial charge in [-0.25, -0.2) is 4.98 Å². The van der Waals surface area contributed by atoms with E-state index in [1.807, 2.05) is 12.4 Å². The number of aromatic nitrogens is 3. The van der Waals surface area contributed by atoms with Gasteiger partial charge in [-0.1, -0.05) is 78.8 Å². The molecular formula is C21H20BrN3S. The third-order valence-electron chi connectivity index (χ3n) is 4.20. The lowest BCUT2D eigenvalue weighted by Crippen LogP contribution is -2.11. The van der Waals surface area contributed by atoms with Crippen LogP contribution in [0.4, 0.5) is 0 Å². The second kappa shape index (κ2) is 6.71. The molecule has 0 N–H and O–H groups in total. The fourth-order valence-corrected chi connectivity index (χ4v) is 4.54. The highest BCUT2D eigenvalue weighted by Gasteiger charge is 2.19. The summed E-state index contributed by atoms with van der Waals surface area (Å²) in [5, 5.41) is 3.54. The molecule has 0 spiro atoms. The zero-order valence-electron chi connectivity index (χ0n) is 15.0. The number of imidazole rings is 1. The van der Waals surface area contributed by atoms with Crippen LogP contribution in [-0.2, 0) is 6.54 Å². The van der Waals surface area contributed by atoms with Gasteiger partial charge in [-0.15, -0.1) is 0 Å². The van der Waals surface area contributed by atoms with Crippen LogP contribution in [0, 0.1) is 0 Å². The first-order valence-electron chi connectivity index (χ1n) is 8.58. The first kappa shape index (κ1) is 17.6. The molecule has 26 heavy (non-hydrogen) atoms. The average Bonchev–Trinajstić information content (AvgIpc) is 2.93. The molecule has 5 heteroatoms. The van der Waals surface area contributed by atoms with E-state index in [2.05, 4.69) is 88.7 Å². The molecule has 0 bridgehead atoms. The van der Waals surface area contributed by atoms with Gasteiger partial charge < -0.3 is 4.57 Å². The number of thioether (sulfide) groups is 1. The number of rotatable bonds is 3. The molecule has 0 aliphatic carbocycles. The second-order valence-electron chi connectivity index (χ2n) is 7.31. The van der Waals surface area contributed by atoms with E-state index in [1.165, 1.54) is 16.3 Å². The summed E-state index contributed by atoms with van der Waals surface area (Å²) in [4.78, 5) is 9.09. The normalized spacial score (nSPS) is 12.2. The van der Waals surface area contributed by atoms with Crippen molar-refractivity contribution in [3.8, 4) is 0 Å². The van der Waals surface area contributed by atoms with Crippen molar-refractivity contribution in [1.29, 1.82) is 0 Å². The van der Waals surface area contributed by atoms with Crippen LogP contribution in [0.25, 0.3) is 21.8 Å². The molecule has 4 aromatic rings. The van der Waals surface area contributed by atoms with Gasteiger partial charge in [-0.2, -0.15) is 0 Å². The summed E-state index contributed by atoms with van der Waals surface area (Å²) >= 11 is 5.47. The number of hydrogen-bond donors (Lipinski definition) is 0. The Labute approximate surface area is 166 Å². The van der Waals surface area contributed by atoms with Crippen molar-refractivity contribution >= 4 is 49.5 Å². The molecule has 0 aliphatic rings. The molecule has 3 nitrogen and oxygen atoms in total. The van der Waals surface area contributed by atoms with Crippen LogP contribution in [0.3, 0.4) is 0 Å². The minimum Gasteiger partial charge on any atom is -0.314 e. The summed E-state index contributed by atoms with van der Waals surface area (Å²) in [7, 11) is 0. The molecule has 0 amide bonds. The van der Waals surface area contributed by atoms with Gasteiger partial charge in [0.25, 0.3) is 0 Å². The molecule has 0 unspecified atom stereocenters. The van der Waals surface area contributed by atoms with Crippen LogP contribution in [0.5, 0.6) is 0 Å². The van der Waals surface area contributed by atoms with Gasteiger partial charge in [-0.05, 0) is 28.5 Å². The van der Waals surface area contributed by atoms with Crippen molar-refractivity contribution < 1.29 is 0 Å². The Morgan fingerprint density at radius 2 is 1.81 bits per heavy atom. The van der Waals surface area contributed by atoms with Crippen LogP contribution >= 0.6 is 27.7 Å². The SMILES string of the molecule is CC(C)(C)Sc1nc2cnccc2n1Cc1ccc(Br)c2ccccc12. The first-order chi connectivity index (χ1) is 12.4. The molecule has 0 saturated carbocycles. The number of benzene rings is 2. The summed E-state index contributed by atoms with van der Waals surface area (Å²) < 4.78 is 3.53. The number of fused-ring (bicyclic) bond motifs is 2. The average molecular weight is 426 g/mol. The van der Waals surface area contributed by atoms with E-state index >= 15 is 0 Å². The fourth-order valence-electron chi connectivity index (χ4n) is 3.10. The van der Waals surface area contributed by atoms with Crippen molar-refractivity contribution in [3.05, 3.63) is 64.9 Å². The maximum Gasteiger partial charge on any atom is 0.169 e. The van der Waals surface area contributed by atoms with Crippen LogP contribution in [0.2, 0.25) is 0 Å². The maximum absolute atomic E-state index is 4.85. The summed E-state index contributed by atoms with van der Waals surface area (Å²) in [6, 6.07) is 14.9. The van der Waals surface area contributed by atoms with Gasteiger partial charge >= 0.3 is 0 Å². The molecule has 2 aromatic heterocycles. The second-order valence-corrected chi connectivity index (χ2v) is 9.96. The molecule has 0 fully saturated rings. The number of hydrogen-bond acceptors (Lipinski definition) is 3. The minimum absolute atomic E-state index is 0.0916. The van der Waals surface area contributed by atoms with Gasteiger partial charge in [0.1, 0.15) is 5.52 Å². The molecule has 0 radical (unpaired) electrons. The van der Waals surface area contributed by atoms with Crippen LogP contribution in [0.15, 0.2) is 64.5 Å². The summed E-state index contributed by atoms with van der Waals surface area (Å²) in [6.45, 7) is 7.44. The Kier molecular flexibility index (Phi) is 4.53. The van der Waals surface area contributed by atoms with Gasteiger partial charge in [0.15, 0.2) is 5.16 Å². The summed E-state index contributed by atoms with van der Waals surface area (Å²) in [5.74, 6) is 0. The van der Waals surface area contributed by atoms with Crippen LogP contribution < -0.4 is 0 Å². The largest absolute Gasteiger partial charge is 0.314 e. The zero-order valence-corrected chi connectivity index (χ0v) is 17.4. The monoisotopic (exact) mass is 425 g/mol. The molecular weight excluding hydrogens is 406 g/mol. The van der Waals surface area contributed by atoms with E-state index in [-0.39, 0.29) is 4.75 Å². The molecule has 132 valence electrons. The lowest BCUT2D eigenvalue weighted by Gasteiger charge is -2.18. The summed E-state index contributed by atoms with van der Waals surface area (Å²) in [6.07, 6.45) is 3.68. The Morgan fingerprint density at radius 1 is 1.04 bits per heavy atom. The topological polar surface area (TPSA) is 30.7 Å². The predicted octanol–water partition coefficient (Wildman–Crippen LogP) is 6.29. The van der Waals surface area contributed by atoms with Gasteiger partial charge in [-0.3, -0.25) is 4.98 Å². The van der Waals surface area contributed by atoms with Gasteiger partial charge in [0.2, 0.25) is 0 Å². The number of pyridine rings is 1. The van der Waals surface area contributed by atoms with E-state index in [0.29, 0.717) is 0 Å². The van der Waals surface area contributed by atoms with E-state index < -0.39 is 0 Å². The van der Waals surface area contributed by atoms with Gasteiger partial charge in [0.05, 0.1) is 18.3 Å². The van der Waals surface area contributed by atoms with Crippen molar-refractivity contribution in [2.75, 3.05) is 0 Å². The smallest absolute Gasteiger partial charge is 0.169 e. The Balaban J connectivity index is 1.87. The van der Waals surface area contributed by atoms with E-state index in [4.69, 9.17) is 4.98 Å². The maximum atomic E-state index is 4.85. The third-order valence-corrected chi connectivity index (χ3v) is 6.00. The van der Waals surface area contributed by atoms with Crippen LogP contribution in [0.1, 0.15) is 26.3 Å². The van der Waals surface area contributed by atoms with Crippen molar-refractivity contribution in [1.82, 2.24) is 14.5 Å². The van der Waals surface area contributed by atoms with Crippen LogP contribution in [-0.4, -0.2) is 19.3 Å². The lowest BCUT2D eigenvalue weighted by atomic mass is 10.0. The van der Waals surface area contributed by atoms with Crippen molar-refractivity contribution in [2.24, 2.45) is 0 Å². The predicted molar refractivity (Wildman–Crippen MR) is 114 cm³/mol. The Hall–Kier alpha value is -1.85. The van der Waals surface area contributed by atoms with Gasteiger partial charge in [0, 0.05) is 15.4 Å². The molecule has 0 aliphatic heterocycles. The first-order valence-corrected chi connectivity index (χ1v) is 10.2. The zero-order chi connectivity index (χ0) is 18.3. The molecule has 4 rings (SSSR count). The van der Waals surface area contributed by atoms with E-state index in [0.717, 1.165) is 27.2 Å². The van der Waals surface area contributed by atoms with E-state index in [9.17, 15) is 0 Å². The summed E-state index contributed by atoms with van der Waals surface area (Å²) in [5.41, 5.74) is 3.36. The standard InChI is InChI=1S/C21H20BrN3S/c1-21(2,3)26-20-24-18-12-23-11-10-19(18)25(20)13-14-8-9-17(22)16-7-5-4-6-15(14)16/h4-12H,13H2,1-3H3. The molecule has 2 heterocycles. The molecule has 0 atom stereocenters. The number of nitrogens with zero attached hydrogens (tertiary/aromatic N) is 3. The Bertz CT molecular complexity index is 1100. The quantitative estimate of drug-likeness (QED) is 0.361. The minimum atomic E-state index is 0.0916. The van der Waals surface area contributed by atoms with E-state index in [1.54, 1.807) is 11.8 Å². The van der Waals surface area contributed by atoms with Crippen molar-refractivity contribution in [3.63, 3.8) is 0 Å². The highest BCUT2D eigenvalue weighted by atomic mass is 79.9. The molecule has 2 aromatic carbocycles.